The monoisotopic (exact) mass is 394 g/mol. The molecule has 4 rings (SSSR count). The van der Waals surface area contributed by atoms with Crippen molar-refractivity contribution in [3.05, 3.63) is 71.1 Å². The molecule has 3 N–H and O–H groups in total. The minimum absolute atomic E-state index is 0.586. The number of hydrogen-bond donors (Lipinski definition) is 2. The molecule has 0 bridgehead atoms. The molecule has 0 saturated heterocycles. The first kappa shape index (κ1) is 15.6. The van der Waals surface area contributed by atoms with Crippen LogP contribution in [0, 0.1) is 0 Å². The molecule has 4 aromatic rings. The second-order valence-electron chi connectivity index (χ2n) is 5.53. The third-order valence-electron chi connectivity index (χ3n) is 3.87. The molecule has 7 heteroatoms. The molecule has 0 atom stereocenters. The third kappa shape index (κ3) is 2.94. The summed E-state index contributed by atoms with van der Waals surface area (Å²) in [4.78, 5) is 8.85. The molecule has 3 aromatic heterocycles. The zero-order valence-electron chi connectivity index (χ0n) is 13.2. The fraction of sp³-hybridized carbons (Fsp3) is 0.0556. The van der Waals surface area contributed by atoms with E-state index in [1.807, 2.05) is 48.7 Å². The molecular formula is C18H15BrN6. The van der Waals surface area contributed by atoms with Gasteiger partial charge in [0.05, 0.1) is 22.1 Å². The number of nitrogens with two attached hydrogens (primary N) is 1. The lowest BCUT2D eigenvalue weighted by molar-refractivity contribution is 0.908. The summed E-state index contributed by atoms with van der Waals surface area (Å²) in [7, 11) is 0. The van der Waals surface area contributed by atoms with Gasteiger partial charge in [-0.1, -0.05) is 36.4 Å². The van der Waals surface area contributed by atoms with Crippen LogP contribution in [-0.2, 0) is 6.54 Å². The summed E-state index contributed by atoms with van der Waals surface area (Å²) in [6.07, 6.45) is 5.29. The zero-order valence-corrected chi connectivity index (χ0v) is 14.8. The highest BCUT2D eigenvalue weighted by atomic mass is 79.9. The number of hydrogen-bond acceptors (Lipinski definition) is 5. The van der Waals surface area contributed by atoms with Crippen molar-refractivity contribution in [1.29, 1.82) is 0 Å². The molecule has 0 amide bonds. The molecule has 0 spiro atoms. The van der Waals surface area contributed by atoms with Crippen LogP contribution in [0.4, 0.5) is 11.6 Å². The molecule has 0 fully saturated rings. The van der Waals surface area contributed by atoms with Gasteiger partial charge in [-0.3, -0.25) is 4.98 Å². The molecule has 0 unspecified atom stereocenters. The molecular weight excluding hydrogens is 380 g/mol. The lowest BCUT2D eigenvalue weighted by Crippen LogP contribution is -2.10. The summed E-state index contributed by atoms with van der Waals surface area (Å²) >= 11 is 3.53. The minimum Gasteiger partial charge on any atom is -0.395 e. The van der Waals surface area contributed by atoms with Gasteiger partial charge in [0.1, 0.15) is 5.52 Å². The SMILES string of the molecule is Nc1c(-c2ccccc2)nc(NCc2cccnc2)n2ncc(Br)c12. The van der Waals surface area contributed by atoms with E-state index in [0.717, 1.165) is 26.8 Å². The van der Waals surface area contributed by atoms with Crippen molar-refractivity contribution < 1.29 is 0 Å². The summed E-state index contributed by atoms with van der Waals surface area (Å²) in [5.41, 5.74) is 10.5. The number of benzene rings is 1. The Labute approximate surface area is 152 Å². The van der Waals surface area contributed by atoms with Gasteiger partial charge in [0.2, 0.25) is 5.95 Å². The third-order valence-corrected chi connectivity index (χ3v) is 4.45. The molecule has 0 aliphatic carbocycles. The van der Waals surface area contributed by atoms with Crippen molar-refractivity contribution in [2.45, 2.75) is 6.54 Å². The van der Waals surface area contributed by atoms with Crippen LogP contribution in [-0.4, -0.2) is 19.6 Å². The van der Waals surface area contributed by atoms with Crippen LogP contribution in [0.5, 0.6) is 0 Å². The fourth-order valence-electron chi connectivity index (χ4n) is 2.67. The van der Waals surface area contributed by atoms with Crippen LogP contribution < -0.4 is 11.1 Å². The minimum atomic E-state index is 0.586. The first-order chi connectivity index (χ1) is 12.2. The second kappa shape index (κ2) is 6.52. The number of nitrogens with zero attached hydrogens (tertiary/aromatic N) is 4. The van der Waals surface area contributed by atoms with Gasteiger partial charge in [-0.25, -0.2) is 4.98 Å². The first-order valence-electron chi connectivity index (χ1n) is 7.75. The largest absolute Gasteiger partial charge is 0.395 e. The van der Waals surface area contributed by atoms with E-state index in [2.05, 4.69) is 31.3 Å². The van der Waals surface area contributed by atoms with Crippen LogP contribution in [0.25, 0.3) is 16.8 Å². The van der Waals surface area contributed by atoms with Gasteiger partial charge in [0, 0.05) is 24.5 Å². The Bertz CT molecular complexity index is 1010. The molecule has 124 valence electrons. The van der Waals surface area contributed by atoms with E-state index in [1.165, 1.54) is 0 Å². The second-order valence-corrected chi connectivity index (χ2v) is 6.39. The van der Waals surface area contributed by atoms with Crippen LogP contribution >= 0.6 is 15.9 Å². The van der Waals surface area contributed by atoms with E-state index in [1.54, 1.807) is 16.9 Å². The average Bonchev–Trinajstić information content (AvgIpc) is 3.05. The van der Waals surface area contributed by atoms with Crippen molar-refractivity contribution in [3.8, 4) is 11.3 Å². The van der Waals surface area contributed by atoms with E-state index in [4.69, 9.17) is 10.7 Å². The Morgan fingerprint density at radius 3 is 2.68 bits per heavy atom. The lowest BCUT2D eigenvalue weighted by Gasteiger charge is -2.13. The van der Waals surface area contributed by atoms with Crippen molar-refractivity contribution in [1.82, 2.24) is 19.6 Å². The molecule has 0 saturated carbocycles. The maximum Gasteiger partial charge on any atom is 0.225 e. The molecule has 25 heavy (non-hydrogen) atoms. The molecule has 3 heterocycles. The van der Waals surface area contributed by atoms with Crippen molar-refractivity contribution in [2.75, 3.05) is 11.1 Å². The van der Waals surface area contributed by atoms with Crippen molar-refractivity contribution in [3.63, 3.8) is 0 Å². The lowest BCUT2D eigenvalue weighted by atomic mass is 10.1. The Hall–Kier alpha value is -2.93. The van der Waals surface area contributed by atoms with E-state index in [0.29, 0.717) is 18.2 Å². The van der Waals surface area contributed by atoms with E-state index in [9.17, 15) is 0 Å². The maximum atomic E-state index is 6.38. The highest BCUT2D eigenvalue weighted by molar-refractivity contribution is 9.10. The Kier molecular flexibility index (Phi) is 4.07. The average molecular weight is 395 g/mol. The maximum absolute atomic E-state index is 6.38. The summed E-state index contributed by atoms with van der Waals surface area (Å²) in [6.45, 7) is 0.589. The molecule has 0 aliphatic rings. The smallest absolute Gasteiger partial charge is 0.225 e. The van der Waals surface area contributed by atoms with Gasteiger partial charge in [-0.2, -0.15) is 9.61 Å². The van der Waals surface area contributed by atoms with Gasteiger partial charge in [-0.05, 0) is 27.6 Å². The molecule has 6 nitrogen and oxygen atoms in total. The highest BCUT2D eigenvalue weighted by Crippen LogP contribution is 2.33. The van der Waals surface area contributed by atoms with Crippen LogP contribution in [0.15, 0.2) is 65.5 Å². The standard InChI is InChI=1S/C18H15BrN6/c19-14-11-23-25-17(14)15(20)16(13-6-2-1-3-7-13)24-18(25)22-10-12-5-4-8-21-9-12/h1-9,11H,10,20H2,(H,22,24). The first-order valence-corrected chi connectivity index (χ1v) is 8.54. The zero-order chi connectivity index (χ0) is 17.2. The van der Waals surface area contributed by atoms with Crippen LogP contribution in [0.2, 0.25) is 0 Å². The van der Waals surface area contributed by atoms with Gasteiger partial charge < -0.3 is 11.1 Å². The Morgan fingerprint density at radius 1 is 1.08 bits per heavy atom. The van der Waals surface area contributed by atoms with E-state index in [-0.39, 0.29) is 0 Å². The van der Waals surface area contributed by atoms with Gasteiger partial charge >= 0.3 is 0 Å². The topological polar surface area (TPSA) is 81.1 Å². The number of nitrogens with one attached hydrogen (secondary N) is 1. The number of rotatable bonds is 4. The van der Waals surface area contributed by atoms with Crippen molar-refractivity contribution in [2.24, 2.45) is 0 Å². The molecule has 0 radical (unpaired) electrons. The number of nitrogen functional groups attached to an aromatic ring is 1. The summed E-state index contributed by atoms with van der Waals surface area (Å²) < 4.78 is 2.54. The number of pyridine rings is 1. The Morgan fingerprint density at radius 2 is 1.92 bits per heavy atom. The summed E-state index contributed by atoms with van der Waals surface area (Å²) in [5.74, 6) is 0.623. The number of fused-ring (bicyclic) bond motifs is 1. The Balaban J connectivity index is 1.82. The predicted molar refractivity (Wildman–Crippen MR) is 102 cm³/mol. The fourth-order valence-corrected chi connectivity index (χ4v) is 3.14. The molecule has 1 aromatic carbocycles. The van der Waals surface area contributed by atoms with Gasteiger partial charge in [0.15, 0.2) is 0 Å². The van der Waals surface area contributed by atoms with Crippen LogP contribution in [0.3, 0.4) is 0 Å². The van der Waals surface area contributed by atoms with Crippen LogP contribution in [0.1, 0.15) is 5.56 Å². The summed E-state index contributed by atoms with van der Waals surface area (Å²) in [5, 5.41) is 7.70. The quantitative estimate of drug-likeness (QED) is 0.550. The number of anilines is 2. The number of halogens is 1. The predicted octanol–water partition coefficient (Wildman–Crippen LogP) is 3.75. The molecule has 0 aliphatic heterocycles. The van der Waals surface area contributed by atoms with Gasteiger partial charge in [0.25, 0.3) is 0 Å². The van der Waals surface area contributed by atoms with E-state index < -0.39 is 0 Å². The summed E-state index contributed by atoms with van der Waals surface area (Å²) in [6, 6.07) is 13.8. The van der Waals surface area contributed by atoms with Gasteiger partial charge in [-0.15, -0.1) is 0 Å². The normalized spacial score (nSPS) is 10.9. The highest BCUT2D eigenvalue weighted by Gasteiger charge is 2.16. The number of aromatic nitrogens is 4. The van der Waals surface area contributed by atoms with Crippen molar-refractivity contribution >= 4 is 33.1 Å². The van der Waals surface area contributed by atoms with E-state index >= 15 is 0 Å².